The van der Waals surface area contributed by atoms with E-state index in [-0.39, 0.29) is 26.9 Å². The predicted molar refractivity (Wildman–Crippen MR) is 79.7 cm³/mol. The summed E-state index contributed by atoms with van der Waals surface area (Å²) in [4.78, 5) is -0.136. The van der Waals surface area contributed by atoms with E-state index < -0.39 is 21.4 Å². The van der Waals surface area contributed by atoms with E-state index in [0.717, 1.165) is 6.07 Å². The highest BCUT2D eigenvalue weighted by Gasteiger charge is 2.22. The number of methoxy groups -OCH3 is 1. The van der Waals surface area contributed by atoms with Crippen LogP contribution in [0.15, 0.2) is 41.3 Å². The number of nitrogens with two attached hydrogens (primary N) is 1. The molecule has 0 fully saturated rings. The van der Waals surface area contributed by atoms with Crippen LogP contribution in [0.5, 0.6) is 5.75 Å². The lowest BCUT2D eigenvalue weighted by Gasteiger charge is -2.10. The quantitative estimate of drug-likeness (QED) is 0.875. The summed E-state index contributed by atoms with van der Waals surface area (Å²) < 4.78 is 43.2. The average Bonchev–Trinajstić information content (AvgIpc) is 2.37. The van der Waals surface area contributed by atoms with Crippen LogP contribution in [-0.4, -0.2) is 15.5 Å². The van der Waals surface area contributed by atoms with Crippen molar-refractivity contribution in [2.75, 3.05) is 12.8 Å². The fourth-order valence-corrected chi connectivity index (χ4v) is 4.03. The van der Waals surface area contributed by atoms with Crippen molar-refractivity contribution >= 4 is 27.1 Å². The molecule has 0 atom stereocenters. The van der Waals surface area contributed by atoms with Crippen molar-refractivity contribution in [2.45, 2.75) is 10.6 Å². The Balaban J connectivity index is 2.40. The first-order valence-electron chi connectivity index (χ1n) is 5.94. The molecule has 0 amide bonds. The molecular weight excluding hydrogens is 317 g/mol. The van der Waals surface area contributed by atoms with Crippen molar-refractivity contribution in [1.29, 1.82) is 0 Å². The molecule has 0 unspecified atom stereocenters. The van der Waals surface area contributed by atoms with Gasteiger partial charge in [-0.1, -0.05) is 23.7 Å². The molecule has 0 saturated carbocycles. The van der Waals surface area contributed by atoms with E-state index >= 15 is 0 Å². The molecule has 4 nitrogen and oxygen atoms in total. The summed E-state index contributed by atoms with van der Waals surface area (Å²) in [5.41, 5.74) is 6.03. The molecule has 7 heteroatoms. The number of anilines is 1. The average molecular weight is 330 g/mol. The molecule has 0 bridgehead atoms. The van der Waals surface area contributed by atoms with Crippen molar-refractivity contribution in [3.05, 3.63) is 52.8 Å². The van der Waals surface area contributed by atoms with Gasteiger partial charge in [-0.05, 0) is 29.8 Å². The second-order valence-corrected chi connectivity index (χ2v) is 6.72. The van der Waals surface area contributed by atoms with E-state index in [4.69, 9.17) is 22.1 Å². The Kier molecular flexibility index (Phi) is 4.39. The third-order valence-corrected chi connectivity index (χ3v) is 5.10. The molecule has 0 aliphatic carbocycles. The molecule has 0 spiro atoms. The third-order valence-electron chi connectivity index (χ3n) is 2.88. The van der Waals surface area contributed by atoms with Crippen molar-refractivity contribution in [1.82, 2.24) is 0 Å². The van der Waals surface area contributed by atoms with E-state index in [1.54, 1.807) is 6.07 Å². The molecular formula is C14H13ClFNO3S. The number of nitrogen functional groups attached to an aromatic ring is 1. The first kappa shape index (κ1) is 15.6. The van der Waals surface area contributed by atoms with E-state index in [1.165, 1.54) is 31.4 Å². The first-order valence-corrected chi connectivity index (χ1v) is 7.97. The van der Waals surface area contributed by atoms with Crippen LogP contribution < -0.4 is 10.5 Å². The van der Waals surface area contributed by atoms with Gasteiger partial charge in [-0.25, -0.2) is 12.8 Å². The Bertz CT molecular complexity index is 758. The Morgan fingerprint density at radius 1 is 1.29 bits per heavy atom. The molecule has 2 N–H and O–H groups in total. The van der Waals surface area contributed by atoms with E-state index in [2.05, 4.69) is 0 Å². The summed E-state index contributed by atoms with van der Waals surface area (Å²) in [6.45, 7) is 0. The van der Waals surface area contributed by atoms with Gasteiger partial charge in [0.1, 0.15) is 4.90 Å². The number of benzene rings is 2. The largest absolute Gasteiger partial charge is 0.494 e. The lowest BCUT2D eigenvalue weighted by Crippen LogP contribution is -2.09. The topological polar surface area (TPSA) is 69.4 Å². The van der Waals surface area contributed by atoms with E-state index in [0.29, 0.717) is 0 Å². The Hall–Kier alpha value is -1.79. The maximum absolute atomic E-state index is 13.6. The Labute approximate surface area is 127 Å². The molecule has 2 rings (SSSR count). The Morgan fingerprint density at radius 2 is 2.00 bits per heavy atom. The van der Waals surface area contributed by atoms with Crippen LogP contribution in [-0.2, 0) is 15.6 Å². The summed E-state index contributed by atoms with van der Waals surface area (Å²) in [7, 11) is -2.44. The summed E-state index contributed by atoms with van der Waals surface area (Å²) in [6, 6.07) is 8.42. The van der Waals surface area contributed by atoms with E-state index in [9.17, 15) is 12.8 Å². The minimum atomic E-state index is -3.78. The van der Waals surface area contributed by atoms with Gasteiger partial charge >= 0.3 is 0 Å². The third kappa shape index (κ3) is 3.28. The van der Waals surface area contributed by atoms with Gasteiger partial charge < -0.3 is 10.5 Å². The maximum atomic E-state index is 13.6. The molecule has 0 saturated heterocycles. The zero-order chi connectivity index (χ0) is 15.6. The molecule has 0 aliphatic rings. The number of ether oxygens (including phenoxy) is 1. The molecule has 0 aliphatic heterocycles. The minimum absolute atomic E-state index is 0.0454. The van der Waals surface area contributed by atoms with Gasteiger partial charge in [0.2, 0.25) is 0 Å². The summed E-state index contributed by atoms with van der Waals surface area (Å²) >= 11 is 5.91. The lowest BCUT2D eigenvalue weighted by molar-refractivity contribution is 0.386. The second-order valence-electron chi connectivity index (χ2n) is 4.39. The van der Waals surface area contributed by atoms with Crippen LogP contribution >= 0.6 is 11.6 Å². The highest BCUT2D eigenvalue weighted by molar-refractivity contribution is 7.91. The van der Waals surface area contributed by atoms with Crippen molar-refractivity contribution < 1.29 is 17.5 Å². The number of hydrogen-bond donors (Lipinski definition) is 1. The zero-order valence-electron chi connectivity index (χ0n) is 11.1. The lowest BCUT2D eigenvalue weighted by atomic mass is 10.2. The van der Waals surface area contributed by atoms with Crippen LogP contribution in [0.3, 0.4) is 0 Å². The zero-order valence-corrected chi connectivity index (χ0v) is 12.7. The molecule has 0 radical (unpaired) electrons. The SMILES string of the molecule is COc1ccc(CS(=O)(=O)c2c(N)cccc2Cl)cc1F. The molecule has 2 aromatic rings. The monoisotopic (exact) mass is 329 g/mol. The fraction of sp³-hybridized carbons (Fsp3) is 0.143. The smallest absolute Gasteiger partial charge is 0.186 e. The molecule has 112 valence electrons. The second kappa shape index (κ2) is 5.91. The van der Waals surface area contributed by atoms with Gasteiger partial charge in [0.25, 0.3) is 0 Å². The fourth-order valence-electron chi connectivity index (χ4n) is 1.94. The number of sulfone groups is 1. The molecule has 0 heterocycles. The Morgan fingerprint density at radius 3 is 2.57 bits per heavy atom. The highest BCUT2D eigenvalue weighted by atomic mass is 35.5. The van der Waals surface area contributed by atoms with Crippen molar-refractivity contribution in [3.63, 3.8) is 0 Å². The van der Waals surface area contributed by atoms with Crippen LogP contribution in [0.25, 0.3) is 0 Å². The van der Waals surface area contributed by atoms with Gasteiger partial charge in [-0.3, -0.25) is 0 Å². The van der Waals surface area contributed by atoms with Crippen LogP contribution in [0, 0.1) is 5.82 Å². The van der Waals surface area contributed by atoms with Crippen LogP contribution in [0.2, 0.25) is 5.02 Å². The van der Waals surface area contributed by atoms with Gasteiger partial charge in [-0.15, -0.1) is 0 Å². The number of rotatable bonds is 4. The van der Waals surface area contributed by atoms with Gasteiger partial charge in [0, 0.05) is 0 Å². The van der Waals surface area contributed by atoms with Crippen molar-refractivity contribution in [2.24, 2.45) is 0 Å². The summed E-state index contributed by atoms with van der Waals surface area (Å²) in [5, 5.41) is 0.0454. The normalized spacial score (nSPS) is 11.4. The maximum Gasteiger partial charge on any atom is 0.186 e. The molecule has 21 heavy (non-hydrogen) atoms. The van der Waals surface area contributed by atoms with Gasteiger partial charge in [0.05, 0.1) is 23.6 Å². The first-order chi connectivity index (χ1) is 9.85. The van der Waals surface area contributed by atoms with Crippen LogP contribution in [0.1, 0.15) is 5.56 Å². The summed E-state index contributed by atoms with van der Waals surface area (Å²) in [6.07, 6.45) is 0. The molecule has 2 aromatic carbocycles. The minimum Gasteiger partial charge on any atom is -0.494 e. The highest BCUT2D eigenvalue weighted by Crippen LogP contribution is 2.30. The standard InChI is InChI=1S/C14H13ClFNO3S/c1-20-13-6-5-9(7-11(13)16)8-21(18,19)14-10(15)3-2-4-12(14)17/h2-7H,8,17H2,1H3. The number of hydrogen-bond acceptors (Lipinski definition) is 4. The van der Waals surface area contributed by atoms with Crippen LogP contribution in [0.4, 0.5) is 10.1 Å². The van der Waals surface area contributed by atoms with Gasteiger partial charge in [-0.2, -0.15) is 0 Å². The predicted octanol–water partition coefficient (Wildman–Crippen LogP) is 3.04. The summed E-state index contributed by atoms with van der Waals surface area (Å²) in [5.74, 6) is -0.979. The van der Waals surface area contributed by atoms with E-state index in [1.807, 2.05) is 0 Å². The van der Waals surface area contributed by atoms with Gasteiger partial charge in [0.15, 0.2) is 21.4 Å². The van der Waals surface area contributed by atoms with Crippen molar-refractivity contribution in [3.8, 4) is 5.75 Å². The molecule has 0 aromatic heterocycles. The number of halogens is 2.